The van der Waals surface area contributed by atoms with Crippen LogP contribution in [0.1, 0.15) is 0 Å². The minimum absolute atomic E-state index is 0.0234. The van der Waals surface area contributed by atoms with Gasteiger partial charge in [-0.3, -0.25) is 0 Å². The molecule has 0 aliphatic carbocycles. The van der Waals surface area contributed by atoms with E-state index in [2.05, 4.69) is 20.1 Å². The van der Waals surface area contributed by atoms with Crippen LogP contribution in [0.3, 0.4) is 0 Å². The van der Waals surface area contributed by atoms with Gasteiger partial charge in [0.15, 0.2) is 0 Å². The zero-order valence-corrected chi connectivity index (χ0v) is 12.0. The van der Waals surface area contributed by atoms with Gasteiger partial charge in [-0.15, -0.1) is 0 Å². The molecule has 5 nitrogen and oxygen atoms in total. The van der Waals surface area contributed by atoms with E-state index in [1.807, 2.05) is 0 Å². The Morgan fingerprint density at radius 3 is 2.29 bits per heavy atom. The first-order valence-electron chi connectivity index (χ1n) is 6.61. The van der Waals surface area contributed by atoms with E-state index in [9.17, 15) is 22.4 Å². The standard InChI is InChI=1S/C15H12F4N2O3/c16-13(17)23-10-5-3-4-9(8-10)20-15(22)21-11-6-1-2-7-12(11)24-14(18)19/h1-8,13-14H,(H2,20,21,22). The van der Waals surface area contributed by atoms with Crippen molar-refractivity contribution in [2.75, 3.05) is 10.6 Å². The monoisotopic (exact) mass is 344 g/mol. The van der Waals surface area contributed by atoms with Gasteiger partial charge in [-0.05, 0) is 24.3 Å². The molecule has 24 heavy (non-hydrogen) atoms. The number of hydrogen-bond donors (Lipinski definition) is 2. The summed E-state index contributed by atoms with van der Waals surface area (Å²) in [6.07, 6.45) is 0. The number of halogens is 4. The molecule has 2 N–H and O–H groups in total. The Hall–Kier alpha value is -2.97. The molecule has 9 heteroatoms. The lowest BCUT2D eigenvalue weighted by Gasteiger charge is -2.13. The molecule has 0 saturated heterocycles. The second-order valence-corrected chi connectivity index (χ2v) is 4.36. The molecule has 0 unspecified atom stereocenters. The van der Waals surface area contributed by atoms with Gasteiger partial charge in [0, 0.05) is 11.8 Å². The molecule has 0 heterocycles. The molecule has 0 fully saturated rings. The topological polar surface area (TPSA) is 59.6 Å². The number of carbonyl (C=O) groups excluding carboxylic acids is 1. The van der Waals surface area contributed by atoms with E-state index in [4.69, 9.17) is 0 Å². The van der Waals surface area contributed by atoms with Crippen LogP contribution in [-0.4, -0.2) is 19.3 Å². The summed E-state index contributed by atoms with van der Waals surface area (Å²) < 4.78 is 57.4. The molecule has 0 atom stereocenters. The zero-order chi connectivity index (χ0) is 17.5. The van der Waals surface area contributed by atoms with Crippen LogP contribution in [0.15, 0.2) is 48.5 Å². The highest BCUT2D eigenvalue weighted by atomic mass is 19.3. The largest absolute Gasteiger partial charge is 0.435 e. The fourth-order valence-electron chi connectivity index (χ4n) is 1.80. The Labute approximate surface area is 134 Å². The van der Waals surface area contributed by atoms with E-state index >= 15 is 0 Å². The highest BCUT2D eigenvalue weighted by Crippen LogP contribution is 2.26. The molecular formula is C15H12F4N2O3. The van der Waals surface area contributed by atoms with Crippen molar-refractivity contribution in [1.82, 2.24) is 0 Å². The third-order valence-corrected chi connectivity index (χ3v) is 2.67. The molecule has 0 saturated carbocycles. The normalized spacial score (nSPS) is 10.6. The van der Waals surface area contributed by atoms with Gasteiger partial charge in [-0.1, -0.05) is 18.2 Å². The lowest BCUT2D eigenvalue weighted by atomic mass is 10.3. The van der Waals surface area contributed by atoms with Crippen LogP contribution in [0.4, 0.5) is 33.7 Å². The first-order chi connectivity index (χ1) is 11.4. The maximum Gasteiger partial charge on any atom is 0.387 e. The Morgan fingerprint density at radius 1 is 0.875 bits per heavy atom. The molecule has 0 spiro atoms. The number of benzene rings is 2. The molecule has 2 aromatic rings. The van der Waals surface area contributed by atoms with Crippen LogP contribution >= 0.6 is 0 Å². The van der Waals surface area contributed by atoms with Crippen LogP contribution in [-0.2, 0) is 0 Å². The number of alkyl halides is 4. The van der Waals surface area contributed by atoms with Gasteiger partial charge in [0.25, 0.3) is 0 Å². The van der Waals surface area contributed by atoms with Crippen LogP contribution in [0.5, 0.6) is 11.5 Å². The Bertz CT molecular complexity index is 698. The van der Waals surface area contributed by atoms with Crippen molar-refractivity contribution in [3.63, 3.8) is 0 Å². The zero-order valence-electron chi connectivity index (χ0n) is 12.0. The lowest BCUT2D eigenvalue weighted by molar-refractivity contribution is -0.0503. The number of hydrogen-bond acceptors (Lipinski definition) is 3. The van der Waals surface area contributed by atoms with Crippen molar-refractivity contribution in [3.8, 4) is 11.5 Å². The van der Waals surface area contributed by atoms with Crippen LogP contribution in [0.25, 0.3) is 0 Å². The highest BCUT2D eigenvalue weighted by molar-refractivity contribution is 6.00. The van der Waals surface area contributed by atoms with Crippen molar-refractivity contribution >= 4 is 17.4 Å². The minimum Gasteiger partial charge on any atom is -0.435 e. The molecule has 0 radical (unpaired) electrons. The molecule has 0 bridgehead atoms. The number of amides is 2. The summed E-state index contributed by atoms with van der Waals surface area (Å²) in [5.41, 5.74) is 0.202. The van der Waals surface area contributed by atoms with Crippen LogP contribution in [0.2, 0.25) is 0 Å². The summed E-state index contributed by atoms with van der Waals surface area (Å²) in [4.78, 5) is 11.9. The predicted molar refractivity (Wildman–Crippen MR) is 78.8 cm³/mol. The van der Waals surface area contributed by atoms with Crippen molar-refractivity contribution in [2.24, 2.45) is 0 Å². The summed E-state index contributed by atoms with van der Waals surface area (Å²) in [5, 5.41) is 4.69. The molecule has 2 rings (SSSR count). The number of para-hydroxylation sites is 2. The van der Waals surface area contributed by atoms with Crippen LogP contribution < -0.4 is 20.1 Å². The van der Waals surface area contributed by atoms with E-state index in [0.717, 1.165) is 0 Å². The molecule has 0 aliphatic rings. The lowest BCUT2D eigenvalue weighted by Crippen LogP contribution is -2.20. The fraction of sp³-hybridized carbons (Fsp3) is 0.133. The Morgan fingerprint density at radius 2 is 1.58 bits per heavy atom. The summed E-state index contributed by atoms with van der Waals surface area (Å²) >= 11 is 0. The smallest absolute Gasteiger partial charge is 0.387 e. The van der Waals surface area contributed by atoms with Gasteiger partial charge in [-0.25, -0.2) is 4.79 Å². The third-order valence-electron chi connectivity index (χ3n) is 2.67. The highest BCUT2D eigenvalue weighted by Gasteiger charge is 2.12. The van der Waals surface area contributed by atoms with Gasteiger partial charge in [0.05, 0.1) is 5.69 Å². The minimum atomic E-state index is -3.04. The van der Waals surface area contributed by atoms with Crippen molar-refractivity contribution in [3.05, 3.63) is 48.5 Å². The van der Waals surface area contributed by atoms with Crippen molar-refractivity contribution < 1.29 is 31.8 Å². The SMILES string of the molecule is O=C(Nc1cccc(OC(F)F)c1)Nc1ccccc1OC(F)F. The number of ether oxygens (including phenoxy) is 2. The summed E-state index contributed by atoms with van der Waals surface area (Å²) in [5.74, 6) is -0.346. The second kappa shape index (κ2) is 8.04. The molecule has 0 aromatic heterocycles. The Balaban J connectivity index is 2.04. The number of nitrogens with one attached hydrogen (secondary N) is 2. The number of carbonyl (C=O) groups is 1. The molecule has 2 amide bonds. The molecule has 2 aromatic carbocycles. The predicted octanol–water partition coefficient (Wildman–Crippen LogP) is 4.53. The van der Waals surface area contributed by atoms with Crippen molar-refractivity contribution in [2.45, 2.75) is 13.2 Å². The maximum atomic E-state index is 12.3. The van der Waals surface area contributed by atoms with E-state index in [1.54, 1.807) is 0 Å². The quantitative estimate of drug-likeness (QED) is 0.757. The van der Waals surface area contributed by atoms with Gasteiger partial charge >= 0.3 is 19.3 Å². The Kier molecular flexibility index (Phi) is 5.83. The van der Waals surface area contributed by atoms with E-state index < -0.39 is 19.3 Å². The molecular weight excluding hydrogens is 332 g/mol. The number of anilines is 2. The van der Waals surface area contributed by atoms with Crippen molar-refractivity contribution in [1.29, 1.82) is 0 Å². The van der Waals surface area contributed by atoms with Gasteiger partial charge in [0.2, 0.25) is 0 Å². The summed E-state index contributed by atoms with van der Waals surface area (Å²) in [7, 11) is 0. The number of rotatable bonds is 6. The van der Waals surface area contributed by atoms with Gasteiger partial charge in [-0.2, -0.15) is 17.6 Å². The van der Waals surface area contributed by atoms with E-state index in [1.165, 1.54) is 48.5 Å². The average Bonchev–Trinajstić information content (AvgIpc) is 2.48. The van der Waals surface area contributed by atoms with Gasteiger partial charge in [0.1, 0.15) is 11.5 Å². The van der Waals surface area contributed by atoms with Crippen LogP contribution in [0, 0.1) is 0 Å². The average molecular weight is 344 g/mol. The molecule has 128 valence electrons. The first-order valence-corrected chi connectivity index (χ1v) is 6.61. The summed E-state index contributed by atoms with van der Waals surface area (Å²) in [6, 6.07) is 10.2. The maximum absolute atomic E-state index is 12.3. The first kappa shape index (κ1) is 17.4. The summed E-state index contributed by atoms with van der Waals surface area (Å²) in [6.45, 7) is -6.04. The number of urea groups is 1. The van der Waals surface area contributed by atoms with Gasteiger partial charge < -0.3 is 20.1 Å². The van der Waals surface area contributed by atoms with E-state index in [0.29, 0.717) is 0 Å². The third kappa shape index (κ3) is 5.34. The fourth-order valence-corrected chi connectivity index (χ4v) is 1.80. The second-order valence-electron chi connectivity index (χ2n) is 4.36. The van der Waals surface area contributed by atoms with E-state index in [-0.39, 0.29) is 22.9 Å². The molecule has 0 aliphatic heterocycles.